The predicted octanol–water partition coefficient (Wildman–Crippen LogP) is 2.55. The number of sulfone groups is 1. The number of thioether (sulfide) groups is 1. The normalized spacial score (nSPS) is 12.0. The number of aromatic nitrogens is 4. The first kappa shape index (κ1) is 15.9. The SMILES string of the molecule is CCS(=O)(=O)c1cccnc1-c1nc2cc(SC)cnc2n1C. The lowest BCUT2D eigenvalue weighted by molar-refractivity contribution is 0.597. The number of rotatable bonds is 4. The summed E-state index contributed by atoms with van der Waals surface area (Å²) in [6.07, 6.45) is 5.32. The van der Waals surface area contributed by atoms with Crippen LogP contribution in [0, 0.1) is 0 Å². The first-order valence-electron chi connectivity index (χ1n) is 7.02. The number of imidazole rings is 1. The van der Waals surface area contributed by atoms with E-state index in [1.54, 1.807) is 47.8 Å². The van der Waals surface area contributed by atoms with Gasteiger partial charge in [0.1, 0.15) is 11.2 Å². The van der Waals surface area contributed by atoms with Crippen molar-refractivity contribution in [2.24, 2.45) is 7.05 Å². The number of fused-ring (bicyclic) bond motifs is 1. The van der Waals surface area contributed by atoms with Crippen molar-refractivity contribution in [2.45, 2.75) is 16.7 Å². The fraction of sp³-hybridized carbons (Fsp3) is 0.267. The Morgan fingerprint density at radius 2 is 2.09 bits per heavy atom. The van der Waals surface area contributed by atoms with E-state index in [1.807, 2.05) is 19.4 Å². The molecule has 6 nitrogen and oxygen atoms in total. The molecular formula is C15H16N4O2S2. The average Bonchev–Trinajstić information content (AvgIpc) is 2.91. The van der Waals surface area contributed by atoms with Gasteiger partial charge >= 0.3 is 0 Å². The molecule has 0 N–H and O–H groups in total. The maximum atomic E-state index is 12.3. The van der Waals surface area contributed by atoms with Crippen molar-refractivity contribution in [3.63, 3.8) is 0 Å². The second kappa shape index (κ2) is 5.93. The van der Waals surface area contributed by atoms with Crippen molar-refractivity contribution in [2.75, 3.05) is 12.0 Å². The minimum atomic E-state index is -3.38. The molecule has 3 aromatic rings. The molecule has 0 amide bonds. The number of aryl methyl sites for hydroxylation is 1. The third kappa shape index (κ3) is 2.72. The largest absolute Gasteiger partial charge is 0.310 e. The smallest absolute Gasteiger partial charge is 0.180 e. The predicted molar refractivity (Wildman–Crippen MR) is 91.2 cm³/mol. The molecular weight excluding hydrogens is 332 g/mol. The molecule has 0 saturated carbocycles. The van der Waals surface area contributed by atoms with Gasteiger partial charge in [-0.05, 0) is 24.5 Å². The molecule has 0 saturated heterocycles. The second-order valence-electron chi connectivity index (χ2n) is 4.97. The van der Waals surface area contributed by atoms with Crippen molar-refractivity contribution in [1.29, 1.82) is 0 Å². The summed E-state index contributed by atoms with van der Waals surface area (Å²) in [6.45, 7) is 1.62. The Kier molecular flexibility index (Phi) is 4.11. The summed E-state index contributed by atoms with van der Waals surface area (Å²) >= 11 is 1.58. The molecule has 0 radical (unpaired) electrons. The topological polar surface area (TPSA) is 77.7 Å². The first-order chi connectivity index (χ1) is 11.0. The maximum Gasteiger partial charge on any atom is 0.180 e. The van der Waals surface area contributed by atoms with E-state index in [0.717, 1.165) is 10.4 Å². The van der Waals surface area contributed by atoms with E-state index in [-0.39, 0.29) is 10.6 Å². The van der Waals surface area contributed by atoms with Crippen LogP contribution in [0.1, 0.15) is 6.92 Å². The number of pyridine rings is 2. The summed E-state index contributed by atoms with van der Waals surface area (Å²) in [4.78, 5) is 14.4. The van der Waals surface area contributed by atoms with E-state index < -0.39 is 9.84 Å². The van der Waals surface area contributed by atoms with E-state index in [4.69, 9.17) is 0 Å². The molecule has 120 valence electrons. The number of hydrogen-bond acceptors (Lipinski definition) is 6. The molecule has 3 aromatic heterocycles. The van der Waals surface area contributed by atoms with Crippen molar-refractivity contribution >= 4 is 32.8 Å². The average molecular weight is 348 g/mol. The molecule has 0 bridgehead atoms. The third-order valence-corrected chi connectivity index (χ3v) is 6.07. The zero-order valence-electron chi connectivity index (χ0n) is 13.0. The summed E-state index contributed by atoms with van der Waals surface area (Å²) < 4.78 is 26.4. The van der Waals surface area contributed by atoms with E-state index in [9.17, 15) is 8.42 Å². The van der Waals surface area contributed by atoms with Crippen LogP contribution in [0.2, 0.25) is 0 Å². The van der Waals surface area contributed by atoms with Crippen LogP contribution in [0.25, 0.3) is 22.7 Å². The minimum absolute atomic E-state index is 0.0184. The van der Waals surface area contributed by atoms with Crippen LogP contribution >= 0.6 is 11.8 Å². The number of hydrogen-bond donors (Lipinski definition) is 0. The van der Waals surface area contributed by atoms with Gasteiger partial charge in [-0.25, -0.2) is 18.4 Å². The molecule has 0 unspecified atom stereocenters. The molecule has 3 heterocycles. The van der Waals surface area contributed by atoms with Gasteiger partial charge in [-0.3, -0.25) is 4.98 Å². The zero-order valence-corrected chi connectivity index (χ0v) is 14.6. The van der Waals surface area contributed by atoms with E-state index in [2.05, 4.69) is 15.0 Å². The van der Waals surface area contributed by atoms with Gasteiger partial charge in [-0.2, -0.15) is 0 Å². The molecule has 0 aliphatic carbocycles. The van der Waals surface area contributed by atoms with Crippen molar-refractivity contribution < 1.29 is 8.42 Å². The molecule has 8 heteroatoms. The van der Waals surface area contributed by atoms with Gasteiger partial charge in [0.2, 0.25) is 0 Å². The van der Waals surface area contributed by atoms with Gasteiger partial charge in [-0.15, -0.1) is 11.8 Å². The summed E-state index contributed by atoms with van der Waals surface area (Å²) in [5.74, 6) is 0.517. The Hall–Kier alpha value is -1.93. The Balaban J connectivity index is 2.28. The summed E-state index contributed by atoms with van der Waals surface area (Å²) in [7, 11) is -1.57. The van der Waals surface area contributed by atoms with Gasteiger partial charge in [0.15, 0.2) is 21.3 Å². The monoisotopic (exact) mass is 348 g/mol. The Labute approximate surface area is 138 Å². The van der Waals surface area contributed by atoms with Crippen molar-refractivity contribution in [1.82, 2.24) is 19.5 Å². The summed E-state index contributed by atoms with van der Waals surface area (Å²) in [6, 6.07) is 5.13. The van der Waals surface area contributed by atoms with Gasteiger partial charge in [0.25, 0.3) is 0 Å². The van der Waals surface area contributed by atoms with Crippen LogP contribution < -0.4 is 0 Å². The zero-order chi connectivity index (χ0) is 16.6. The van der Waals surface area contributed by atoms with Crippen LogP contribution in [0.5, 0.6) is 0 Å². The molecule has 0 aliphatic heterocycles. The highest BCUT2D eigenvalue weighted by Gasteiger charge is 2.22. The first-order valence-corrected chi connectivity index (χ1v) is 9.90. The third-order valence-electron chi connectivity index (χ3n) is 3.62. The molecule has 3 rings (SSSR count). The molecule has 0 atom stereocenters. The summed E-state index contributed by atoms with van der Waals surface area (Å²) in [5.41, 5.74) is 1.78. The highest BCUT2D eigenvalue weighted by molar-refractivity contribution is 7.98. The van der Waals surface area contributed by atoms with Gasteiger partial charge < -0.3 is 4.57 Å². The maximum absolute atomic E-state index is 12.3. The lowest BCUT2D eigenvalue weighted by Crippen LogP contribution is -2.08. The van der Waals surface area contributed by atoms with E-state index in [1.165, 1.54) is 0 Å². The Morgan fingerprint density at radius 1 is 1.30 bits per heavy atom. The fourth-order valence-corrected chi connectivity index (χ4v) is 3.77. The quantitative estimate of drug-likeness (QED) is 0.674. The van der Waals surface area contributed by atoms with Crippen molar-refractivity contribution in [3.05, 3.63) is 30.6 Å². The van der Waals surface area contributed by atoms with E-state index in [0.29, 0.717) is 17.2 Å². The fourth-order valence-electron chi connectivity index (χ4n) is 2.35. The standard InChI is InChI=1S/C15H16N4O2S2/c1-4-23(20,21)12-6-5-7-16-13(12)15-18-11-8-10(22-3)9-17-14(11)19(15)2/h5-9H,4H2,1-3H3. The lowest BCUT2D eigenvalue weighted by atomic mass is 10.3. The highest BCUT2D eigenvalue weighted by Crippen LogP contribution is 2.28. The molecule has 0 aromatic carbocycles. The van der Waals surface area contributed by atoms with Gasteiger partial charge in [0.05, 0.1) is 10.6 Å². The number of nitrogens with zero attached hydrogens (tertiary/aromatic N) is 4. The second-order valence-corrected chi connectivity index (χ2v) is 8.09. The minimum Gasteiger partial charge on any atom is -0.310 e. The van der Waals surface area contributed by atoms with Crippen molar-refractivity contribution in [3.8, 4) is 11.5 Å². The van der Waals surface area contributed by atoms with Crippen LogP contribution in [0.15, 0.2) is 40.4 Å². The van der Waals surface area contributed by atoms with Crippen LogP contribution in [-0.4, -0.2) is 39.9 Å². The summed E-state index contributed by atoms with van der Waals surface area (Å²) in [5, 5.41) is 0. The molecule has 23 heavy (non-hydrogen) atoms. The highest BCUT2D eigenvalue weighted by atomic mass is 32.2. The van der Waals surface area contributed by atoms with E-state index >= 15 is 0 Å². The van der Waals surface area contributed by atoms with Gasteiger partial charge in [0, 0.05) is 24.3 Å². The van der Waals surface area contributed by atoms with Gasteiger partial charge in [-0.1, -0.05) is 6.92 Å². The van der Waals surface area contributed by atoms with Crippen LogP contribution in [-0.2, 0) is 16.9 Å². The van der Waals surface area contributed by atoms with Crippen LogP contribution in [0.3, 0.4) is 0 Å². The Bertz CT molecular complexity index is 980. The Morgan fingerprint density at radius 3 is 2.78 bits per heavy atom. The molecule has 0 spiro atoms. The lowest BCUT2D eigenvalue weighted by Gasteiger charge is -2.07. The molecule has 0 fully saturated rings. The van der Waals surface area contributed by atoms with Crippen LogP contribution in [0.4, 0.5) is 0 Å². The molecule has 0 aliphatic rings.